The fourth-order valence-corrected chi connectivity index (χ4v) is 2.14. The second-order valence-corrected chi connectivity index (χ2v) is 4.52. The van der Waals surface area contributed by atoms with E-state index in [-0.39, 0.29) is 6.04 Å². The summed E-state index contributed by atoms with van der Waals surface area (Å²) in [4.78, 5) is 10.7. The van der Waals surface area contributed by atoms with Gasteiger partial charge in [0.05, 0.1) is 19.3 Å². The Labute approximate surface area is 111 Å². The minimum atomic E-state index is 0.118. The predicted molar refractivity (Wildman–Crippen MR) is 68.3 cm³/mol. The highest BCUT2D eigenvalue weighted by molar-refractivity contribution is 5.52. The number of hydrogen-bond acceptors (Lipinski definition) is 6. The molecule has 0 amide bonds. The van der Waals surface area contributed by atoms with Crippen LogP contribution in [0.3, 0.4) is 0 Å². The molecule has 0 aliphatic carbocycles. The summed E-state index contributed by atoms with van der Waals surface area (Å²) in [6.07, 6.45) is 3.44. The Kier molecular flexibility index (Phi) is 3.52. The number of hydrogen-bond donors (Lipinski definition) is 0. The van der Waals surface area contributed by atoms with Crippen LogP contribution < -0.4 is 0 Å². The van der Waals surface area contributed by atoms with E-state index in [2.05, 4.69) is 26.9 Å². The molecule has 3 heterocycles. The van der Waals surface area contributed by atoms with Gasteiger partial charge in [0.15, 0.2) is 0 Å². The van der Waals surface area contributed by atoms with Gasteiger partial charge in [-0.25, -0.2) is 0 Å². The molecule has 0 N–H and O–H groups in total. The van der Waals surface area contributed by atoms with Crippen molar-refractivity contribution < 1.29 is 9.26 Å². The topological polar surface area (TPSA) is 64.3 Å². The lowest BCUT2D eigenvalue weighted by atomic mass is 10.2. The van der Waals surface area contributed by atoms with Crippen LogP contribution in [0.5, 0.6) is 0 Å². The van der Waals surface area contributed by atoms with Crippen molar-refractivity contribution in [1.29, 1.82) is 0 Å². The highest BCUT2D eigenvalue weighted by Crippen LogP contribution is 2.22. The van der Waals surface area contributed by atoms with Gasteiger partial charge in [0.2, 0.25) is 11.7 Å². The van der Waals surface area contributed by atoms with Gasteiger partial charge >= 0.3 is 0 Å². The number of aromatic nitrogens is 3. The Bertz CT molecular complexity index is 522. The summed E-state index contributed by atoms with van der Waals surface area (Å²) < 4.78 is 10.7. The van der Waals surface area contributed by atoms with Crippen LogP contribution in [-0.4, -0.2) is 46.3 Å². The zero-order valence-corrected chi connectivity index (χ0v) is 10.8. The highest BCUT2D eigenvalue weighted by Gasteiger charge is 2.23. The number of morpholine rings is 1. The van der Waals surface area contributed by atoms with Crippen molar-refractivity contribution in [3.8, 4) is 11.4 Å². The van der Waals surface area contributed by atoms with Crippen molar-refractivity contribution in [2.75, 3.05) is 26.3 Å². The van der Waals surface area contributed by atoms with Crippen molar-refractivity contribution in [1.82, 2.24) is 20.0 Å². The smallest absolute Gasteiger partial charge is 0.244 e. The summed E-state index contributed by atoms with van der Waals surface area (Å²) in [5.74, 6) is 1.26. The first-order chi connectivity index (χ1) is 9.34. The van der Waals surface area contributed by atoms with E-state index >= 15 is 0 Å². The normalized spacial score (nSPS) is 18.4. The zero-order chi connectivity index (χ0) is 13.1. The van der Waals surface area contributed by atoms with Crippen LogP contribution in [0.1, 0.15) is 18.9 Å². The van der Waals surface area contributed by atoms with E-state index in [0.717, 1.165) is 31.9 Å². The Morgan fingerprint density at radius 3 is 2.68 bits per heavy atom. The van der Waals surface area contributed by atoms with Gasteiger partial charge in [-0.1, -0.05) is 5.16 Å². The van der Waals surface area contributed by atoms with Crippen LogP contribution >= 0.6 is 0 Å². The summed E-state index contributed by atoms with van der Waals surface area (Å²) in [6, 6.07) is 3.86. The summed E-state index contributed by atoms with van der Waals surface area (Å²) in [6.45, 7) is 5.39. The summed E-state index contributed by atoms with van der Waals surface area (Å²) >= 11 is 0. The quantitative estimate of drug-likeness (QED) is 0.833. The molecule has 100 valence electrons. The van der Waals surface area contributed by atoms with Crippen LogP contribution in [0.25, 0.3) is 11.4 Å². The Hall–Kier alpha value is -1.79. The second-order valence-electron chi connectivity index (χ2n) is 4.52. The minimum Gasteiger partial charge on any atom is -0.379 e. The molecule has 19 heavy (non-hydrogen) atoms. The maximum Gasteiger partial charge on any atom is 0.244 e. The fourth-order valence-electron chi connectivity index (χ4n) is 2.14. The van der Waals surface area contributed by atoms with Gasteiger partial charge in [-0.3, -0.25) is 9.88 Å². The van der Waals surface area contributed by atoms with Gasteiger partial charge in [0.1, 0.15) is 0 Å². The first kappa shape index (κ1) is 12.3. The molecule has 2 aromatic heterocycles. The lowest BCUT2D eigenvalue weighted by Gasteiger charge is -2.29. The van der Waals surface area contributed by atoms with E-state index in [1.54, 1.807) is 12.4 Å². The number of nitrogens with zero attached hydrogens (tertiary/aromatic N) is 4. The lowest BCUT2D eigenvalue weighted by Crippen LogP contribution is -2.38. The summed E-state index contributed by atoms with van der Waals surface area (Å²) in [7, 11) is 0. The van der Waals surface area contributed by atoms with Crippen LogP contribution in [0, 0.1) is 0 Å². The molecule has 0 aromatic carbocycles. The van der Waals surface area contributed by atoms with Gasteiger partial charge in [0, 0.05) is 31.0 Å². The monoisotopic (exact) mass is 260 g/mol. The van der Waals surface area contributed by atoms with Crippen LogP contribution in [0.4, 0.5) is 0 Å². The molecule has 1 fully saturated rings. The molecule has 0 saturated carbocycles. The van der Waals surface area contributed by atoms with E-state index in [1.165, 1.54) is 0 Å². The summed E-state index contributed by atoms with van der Waals surface area (Å²) in [5.41, 5.74) is 0.916. The van der Waals surface area contributed by atoms with Gasteiger partial charge in [-0.05, 0) is 19.1 Å². The Morgan fingerprint density at radius 1 is 1.21 bits per heavy atom. The van der Waals surface area contributed by atoms with Gasteiger partial charge in [0.25, 0.3) is 0 Å². The highest BCUT2D eigenvalue weighted by atomic mass is 16.5. The van der Waals surface area contributed by atoms with Crippen molar-refractivity contribution in [3.63, 3.8) is 0 Å². The number of rotatable bonds is 3. The average molecular weight is 260 g/mol. The molecule has 6 nitrogen and oxygen atoms in total. The molecule has 6 heteroatoms. The van der Waals surface area contributed by atoms with E-state index < -0.39 is 0 Å². The maximum absolute atomic E-state index is 5.37. The Morgan fingerprint density at radius 2 is 1.95 bits per heavy atom. The van der Waals surface area contributed by atoms with Gasteiger partial charge in [-0.2, -0.15) is 4.98 Å². The van der Waals surface area contributed by atoms with Crippen LogP contribution in [0.2, 0.25) is 0 Å². The second kappa shape index (κ2) is 5.46. The van der Waals surface area contributed by atoms with Crippen LogP contribution in [0.15, 0.2) is 29.0 Å². The van der Waals surface area contributed by atoms with Gasteiger partial charge in [-0.15, -0.1) is 0 Å². The van der Waals surface area contributed by atoms with Crippen molar-refractivity contribution in [2.45, 2.75) is 13.0 Å². The molecule has 1 aliphatic rings. The maximum atomic E-state index is 5.37. The predicted octanol–water partition coefficient (Wildman–Crippen LogP) is 1.52. The molecule has 2 aromatic rings. The zero-order valence-electron chi connectivity index (χ0n) is 10.8. The SMILES string of the molecule is C[C@H](c1nc(-c2ccncc2)no1)N1CCOCC1. The molecule has 1 saturated heterocycles. The van der Waals surface area contributed by atoms with Crippen molar-refractivity contribution in [3.05, 3.63) is 30.4 Å². The molecule has 0 radical (unpaired) electrons. The van der Waals surface area contributed by atoms with Crippen molar-refractivity contribution >= 4 is 0 Å². The fraction of sp³-hybridized carbons (Fsp3) is 0.462. The molecule has 1 atom stereocenters. The van der Waals surface area contributed by atoms with Crippen LogP contribution in [-0.2, 0) is 4.74 Å². The Balaban J connectivity index is 1.77. The minimum absolute atomic E-state index is 0.118. The van der Waals surface area contributed by atoms with Gasteiger partial charge < -0.3 is 9.26 Å². The molecule has 3 rings (SSSR count). The third-order valence-corrected chi connectivity index (χ3v) is 3.33. The van der Waals surface area contributed by atoms with E-state index in [0.29, 0.717) is 11.7 Å². The largest absolute Gasteiger partial charge is 0.379 e. The summed E-state index contributed by atoms with van der Waals surface area (Å²) in [5, 5.41) is 4.03. The standard InChI is InChI=1S/C13H16N4O2/c1-10(17-6-8-18-9-7-17)13-15-12(16-19-13)11-2-4-14-5-3-11/h2-5,10H,6-9H2,1H3/t10-/m1/s1. The van der Waals surface area contributed by atoms with E-state index in [9.17, 15) is 0 Å². The third-order valence-electron chi connectivity index (χ3n) is 3.33. The molecular formula is C13H16N4O2. The number of ether oxygens (including phenoxy) is 1. The van der Waals surface area contributed by atoms with E-state index in [1.807, 2.05) is 12.1 Å². The number of pyridine rings is 1. The van der Waals surface area contributed by atoms with Crippen molar-refractivity contribution in [2.24, 2.45) is 0 Å². The average Bonchev–Trinajstić information content (AvgIpc) is 2.98. The molecule has 1 aliphatic heterocycles. The molecule has 0 bridgehead atoms. The molecule has 0 spiro atoms. The lowest BCUT2D eigenvalue weighted by molar-refractivity contribution is 0.0134. The van der Waals surface area contributed by atoms with E-state index in [4.69, 9.17) is 9.26 Å². The first-order valence-electron chi connectivity index (χ1n) is 6.40. The molecular weight excluding hydrogens is 244 g/mol. The first-order valence-corrected chi connectivity index (χ1v) is 6.40. The third kappa shape index (κ3) is 2.64. The molecule has 0 unspecified atom stereocenters.